The number of anilines is 1. The molecule has 0 radical (unpaired) electrons. The van der Waals surface area contributed by atoms with Crippen LogP contribution >= 0.6 is 0 Å². The van der Waals surface area contributed by atoms with Crippen LogP contribution in [-0.2, 0) is 6.42 Å². The standard InChI is InChI=1S/C15H25N3/c1-11-7-6-10-13-17-14(15(16)18(11)13)12-8-4-2-3-5-9-12/h11-12H,2-10,16H2,1H3. The molecule has 1 aromatic heterocycles. The number of nitrogens with two attached hydrogens (primary N) is 1. The third-order valence-electron chi connectivity index (χ3n) is 4.75. The number of hydrogen-bond donors (Lipinski definition) is 1. The van der Waals surface area contributed by atoms with Crippen LogP contribution in [0.3, 0.4) is 0 Å². The van der Waals surface area contributed by atoms with Gasteiger partial charge in [0.15, 0.2) is 0 Å². The average molecular weight is 247 g/mol. The second-order valence-corrected chi connectivity index (χ2v) is 6.10. The molecule has 0 bridgehead atoms. The second kappa shape index (κ2) is 4.94. The number of nitrogens with zero attached hydrogens (tertiary/aromatic N) is 2. The normalized spacial score (nSPS) is 25.7. The summed E-state index contributed by atoms with van der Waals surface area (Å²) in [6.45, 7) is 2.28. The number of rotatable bonds is 1. The Kier molecular flexibility index (Phi) is 3.31. The van der Waals surface area contributed by atoms with Gasteiger partial charge >= 0.3 is 0 Å². The summed E-state index contributed by atoms with van der Waals surface area (Å²) in [4.78, 5) is 4.90. The van der Waals surface area contributed by atoms with E-state index < -0.39 is 0 Å². The molecule has 1 aliphatic heterocycles. The molecule has 3 rings (SSSR count). The van der Waals surface area contributed by atoms with Gasteiger partial charge in [-0.3, -0.25) is 0 Å². The Morgan fingerprint density at radius 3 is 2.44 bits per heavy atom. The van der Waals surface area contributed by atoms with E-state index in [2.05, 4.69) is 11.5 Å². The van der Waals surface area contributed by atoms with Gasteiger partial charge in [-0.25, -0.2) is 4.98 Å². The van der Waals surface area contributed by atoms with Gasteiger partial charge in [-0.1, -0.05) is 25.7 Å². The minimum atomic E-state index is 0.542. The highest BCUT2D eigenvalue weighted by Gasteiger charge is 2.26. The van der Waals surface area contributed by atoms with Crippen molar-refractivity contribution in [1.29, 1.82) is 0 Å². The van der Waals surface area contributed by atoms with E-state index >= 15 is 0 Å². The Balaban J connectivity index is 1.92. The summed E-state index contributed by atoms with van der Waals surface area (Å²) in [5.41, 5.74) is 7.62. The first-order chi connectivity index (χ1) is 8.77. The van der Waals surface area contributed by atoms with Gasteiger partial charge in [-0.15, -0.1) is 0 Å². The Morgan fingerprint density at radius 2 is 1.78 bits per heavy atom. The monoisotopic (exact) mass is 247 g/mol. The lowest BCUT2D eigenvalue weighted by molar-refractivity contribution is 0.430. The predicted octanol–water partition coefficient (Wildman–Crippen LogP) is 3.80. The summed E-state index contributed by atoms with van der Waals surface area (Å²) in [5, 5.41) is 0. The van der Waals surface area contributed by atoms with Crippen molar-refractivity contribution in [3.63, 3.8) is 0 Å². The quantitative estimate of drug-likeness (QED) is 0.767. The highest BCUT2D eigenvalue weighted by Crippen LogP contribution is 2.37. The van der Waals surface area contributed by atoms with E-state index in [1.807, 2.05) is 0 Å². The summed E-state index contributed by atoms with van der Waals surface area (Å²) < 4.78 is 2.31. The highest BCUT2D eigenvalue weighted by atomic mass is 15.2. The van der Waals surface area contributed by atoms with Crippen molar-refractivity contribution in [3.05, 3.63) is 11.5 Å². The van der Waals surface area contributed by atoms with E-state index in [0.29, 0.717) is 12.0 Å². The summed E-state index contributed by atoms with van der Waals surface area (Å²) in [7, 11) is 0. The summed E-state index contributed by atoms with van der Waals surface area (Å²) in [6, 6.07) is 0.542. The fourth-order valence-electron chi connectivity index (χ4n) is 3.72. The summed E-state index contributed by atoms with van der Waals surface area (Å²) >= 11 is 0. The Bertz CT molecular complexity index is 414. The number of aryl methyl sites for hydroxylation is 1. The smallest absolute Gasteiger partial charge is 0.127 e. The van der Waals surface area contributed by atoms with Crippen LogP contribution in [0.25, 0.3) is 0 Å². The Hall–Kier alpha value is -0.990. The molecule has 0 aromatic carbocycles. The van der Waals surface area contributed by atoms with Crippen LogP contribution < -0.4 is 5.73 Å². The van der Waals surface area contributed by atoms with Crippen LogP contribution in [0.5, 0.6) is 0 Å². The lowest BCUT2D eigenvalue weighted by Crippen LogP contribution is -2.17. The summed E-state index contributed by atoms with van der Waals surface area (Å²) in [6.07, 6.45) is 11.7. The SMILES string of the molecule is CC1CCCc2nc(C3CCCCCC3)c(N)n21. The molecule has 1 aromatic rings. The van der Waals surface area contributed by atoms with Gasteiger partial charge in [0.25, 0.3) is 0 Å². The number of imidazole rings is 1. The first kappa shape index (κ1) is 12.1. The first-order valence-electron chi connectivity index (χ1n) is 7.64. The van der Waals surface area contributed by atoms with Crippen molar-refractivity contribution in [3.8, 4) is 0 Å². The Morgan fingerprint density at radius 1 is 1.06 bits per heavy atom. The molecule has 2 heterocycles. The predicted molar refractivity (Wildman–Crippen MR) is 74.7 cm³/mol. The lowest BCUT2D eigenvalue weighted by Gasteiger charge is -2.22. The van der Waals surface area contributed by atoms with Crippen molar-refractivity contribution in [2.24, 2.45) is 0 Å². The van der Waals surface area contributed by atoms with Crippen LogP contribution in [0.4, 0.5) is 5.82 Å². The molecule has 0 amide bonds. The minimum absolute atomic E-state index is 0.542. The second-order valence-electron chi connectivity index (χ2n) is 6.10. The van der Waals surface area contributed by atoms with Gasteiger partial charge in [0.2, 0.25) is 0 Å². The number of fused-ring (bicyclic) bond motifs is 1. The fraction of sp³-hybridized carbons (Fsp3) is 0.800. The molecule has 100 valence electrons. The Labute approximate surface area is 110 Å². The third kappa shape index (κ3) is 2.04. The largest absolute Gasteiger partial charge is 0.384 e. The van der Waals surface area contributed by atoms with Gasteiger partial charge < -0.3 is 10.3 Å². The molecular formula is C15H25N3. The molecule has 1 saturated carbocycles. The third-order valence-corrected chi connectivity index (χ3v) is 4.75. The maximum absolute atomic E-state index is 6.40. The molecule has 3 nitrogen and oxygen atoms in total. The van der Waals surface area contributed by atoms with Crippen molar-refractivity contribution in [2.45, 2.75) is 76.7 Å². The number of nitrogen functional groups attached to an aromatic ring is 1. The minimum Gasteiger partial charge on any atom is -0.384 e. The van der Waals surface area contributed by atoms with Crippen LogP contribution in [-0.4, -0.2) is 9.55 Å². The molecule has 0 saturated heterocycles. The zero-order valence-corrected chi connectivity index (χ0v) is 11.5. The van der Waals surface area contributed by atoms with Gasteiger partial charge in [0, 0.05) is 18.4 Å². The fourth-order valence-corrected chi connectivity index (χ4v) is 3.72. The average Bonchev–Trinajstić information content (AvgIpc) is 2.56. The van der Waals surface area contributed by atoms with E-state index in [1.54, 1.807) is 0 Å². The topological polar surface area (TPSA) is 43.8 Å². The van der Waals surface area contributed by atoms with Crippen LogP contribution in [0.1, 0.15) is 81.8 Å². The molecule has 1 atom stereocenters. The first-order valence-corrected chi connectivity index (χ1v) is 7.64. The van der Waals surface area contributed by atoms with E-state index in [4.69, 9.17) is 10.7 Å². The van der Waals surface area contributed by atoms with Crippen LogP contribution in [0.2, 0.25) is 0 Å². The molecule has 18 heavy (non-hydrogen) atoms. The van der Waals surface area contributed by atoms with E-state index in [0.717, 1.165) is 12.2 Å². The van der Waals surface area contributed by atoms with Crippen molar-refractivity contribution >= 4 is 5.82 Å². The molecule has 1 unspecified atom stereocenters. The van der Waals surface area contributed by atoms with E-state index in [9.17, 15) is 0 Å². The maximum atomic E-state index is 6.40. The molecule has 1 aliphatic carbocycles. The maximum Gasteiger partial charge on any atom is 0.127 e. The lowest BCUT2D eigenvalue weighted by atomic mass is 9.96. The number of hydrogen-bond acceptors (Lipinski definition) is 2. The number of aromatic nitrogens is 2. The van der Waals surface area contributed by atoms with Crippen molar-refractivity contribution < 1.29 is 0 Å². The van der Waals surface area contributed by atoms with E-state index in [1.165, 1.54) is 62.9 Å². The molecule has 2 N–H and O–H groups in total. The van der Waals surface area contributed by atoms with Crippen molar-refractivity contribution in [2.75, 3.05) is 5.73 Å². The van der Waals surface area contributed by atoms with Crippen molar-refractivity contribution in [1.82, 2.24) is 9.55 Å². The summed E-state index contributed by atoms with van der Waals surface area (Å²) in [5.74, 6) is 2.84. The van der Waals surface area contributed by atoms with E-state index in [-0.39, 0.29) is 0 Å². The van der Waals surface area contributed by atoms with Gasteiger partial charge in [0.1, 0.15) is 11.6 Å². The highest BCUT2D eigenvalue weighted by molar-refractivity contribution is 5.42. The van der Waals surface area contributed by atoms with Crippen LogP contribution in [0.15, 0.2) is 0 Å². The molecule has 3 heteroatoms. The molecular weight excluding hydrogens is 222 g/mol. The molecule has 2 aliphatic rings. The van der Waals surface area contributed by atoms with Gasteiger partial charge in [-0.2, -0.15) is 0 Å². The van der Waals surface area contributed by atoms with Gasteiger partial charge in [-0.05, 0) is 32.6 Å². The zero-order valence-electron chi connectivity index (χ0n) is 11.5. The van der Waals surface area contributed by atoms with Crippen LogP contribution in [0, 0.1) is 0 Å². The zero-order chi connectivity index (χ0) is 12.5. The van der Waals surface area contributed by atoms with Gasteiger partial charge in [0.05, 0.1) is 5.69 Å². The molecule has 0 spiro atoms. The molecule has 1 fully saturated rings.